The lowest BCUT2D eigenvalue weighted by molar-refractivity contribution is 0.381. The van der Waals surface area contributed by atoms with E-state index in [1.54, 1.807) is 0 Å². The lowest BCUT2D eigenvalue weighted by Crippen LogP contribution is -2.28. The minimum Gasteiger partial charge on any atom is -0.310 e. The molecule has 1 fully saturated rings. The highest BCUT2D eigenvalue weighted by Gasteiger charge is 2.26. The summed E-state index contributed by atoms with van der Waals surface area (Å²) in [6.45, 7) is 0.687. The van der Waals surface area contributed by atoms with Gasteiger partial charge in [-0.15, -0.1) is 0 Å². The fourth-order valence-electron chi connectivity index (χ4n) is 2.25. The Morgan fingerprint density at radius 1 is 1.28 bits per heavy atom. The first-order valence-electron chi connectivity index (χ1n) is 5.82. The number of sulfone groups is 1. The van der Waals surface area contributed by atoms with Crippen LogP contribution in [-0.2, 0) is 9.84 Å². The lowest BCUT2D eigenvalue weighted by atomic mass is 9.96. The van der Waals surface area contributed by atoms with Gasteiger partial charge in [0, 0.05) is 17.9 Å². The van der Waals surface area contributed by atoms with Crippen LogP contribution in [0.25, 0.3) is 0 Å². The van der Waals surface area contributed by atoms with Crippen molar-refractivity contribution in [2.45, 2.75) is 30.2 Å². The standard InChI is InChI=1S/C12H15F2NO2S/c1-18(16,17)10-6-5-8(13)11(12(10)14)9-4-2-3-7-15-9/h5-6,9,15H,2-4,7H2,1H3. The Hall–Kier alpha value is -1.01. The first-order chi connectivity index (χ1) is 8.41. The van der Waals surface area contributed by atoms with E-state index in [9.17, 15) is 17.2 Å². The van der Waals surface area contributed by atoms with Crippen LogP contribution in [0.4, 0.5) is 8.78 Å². The van der Waals surface area contributed by atoms with Gasteiger partial charge >= 0.3 is 0 Å². The quantitative estimate of drug-likeness (QED) is 0.842. The topological polar surface area (TPSA) is 46.2 Å². The maximum atomic E-state index is 14.2. The van der Waals surface area contributed by atoms with Crippen LogP contribution < -0.4 is 5.32 Å². The second kappa shape index (κ2) is 4.93. The second-order valence-electron chi connectivity index (χ2n) is 4.55. The van der Waals surface area contributed by atoms with Gasteiger partial charge in [-0.25, -0.2) is 17.2 Å². The number of benzene rings is 1. The molecule has 0 aromatic heterocycles. The van der Waals surface area contributed by atoms with Crippen LogP contribution in [0, 0.1) is 11.6 Å². The fourth-order valence-corrected chi connectivity index (χ4v) is 3.00. The van der Waals surface area contributed by atoms with Crippen LogP contribution >= 0.6 is 0 Å². The van der Waals surface area contributed by atoms with E-state index in [1.165, 1.54) is 0 Å². The first-order valence-corrected chi connectivity index (χ1v) is 7.71. The Balaban J connectivity index is 2.52. The third kappa shape index (κ3) is 2.54. The smallest absolute Gasteiger partial charge is 0.178 e. The number of hydrogen-bond acceptors (Lipinski definition) is 3. The number of nitrogens with one attached hydrogen (secondary N) is 1. The molecule has 1 unspecified atom stereocenters. The van der Waals surface area contributed by atoms with Gasteiger partial charge in [-0.2, -0.15) is 0 Å². The molecule has 1 saturated heterocycles. The molecular formula is C12H15F2NO2S. The summed E-state index contributed by atoms with van der Waals surface area (Å²) >= 11 is 0. The van der Waals surface area contributed by atoms with Crippen LogP contribution in [0.3, 0.4) is 0 Å². The van der Waals surface area contributed by atoms with Crippen LogP contribution in [0.5, 0.6) is 0 Å². The van der Waals surface area contributed by atoms with E-state index in [4.69, 9.17) is 0 Å². The molecule has 1 aromatic carbocycles. The molecule has 1 aromatic rings. The Kier molecular flexibility index (Phi) is 3.68. The summed E-state index contributed by atoms with van der Waals surface area (Å²) in [7, 11) is -3.68. The maximum absolute atomic E-state index is 14.2. The zero-order valence-electron chi connectivity index (χ0n) is 10.0. The molecule has 1 aliphatic rings. The molecule has 0 aliphatic carbocycles. The highest BCUT2D eigenvalue weighted by atomic mass is 32.2. The summed E-state index contributed by atoms with van der Waals surface area (Å²) in [6, 6.07) is 1.55. The molecule has 6 heteroatoms. The molecule has 0 bridgehead atoms. The Bertz CT molecular complexity index is 551. The van der Waals surface area contributed by atoms with E-state index < -0.39 is 32.4 Å². The van der Waals surface area contributed by atoms with Crippen molar-refractivity contribution in [1.29, 1.82) is 0 Å². The zero-order chi connectivity index (χ0) is 13.3. The maximum Gasteiger partial charge on any atom is 0.178 e. The van der Waals surface area contributed by atoms with E-state index in [2.05, 4.69) is 5.32 Å². The van der Waals surface area contributed by atoms with Crippen LogP contribution in [0.15, 0.2) is 17.0 Å². The summed E-state index contributed by atoms with van der Waals surface area (Å²) in [5.74, 6) is -1.66. The van der Waals surface area contributed by atoms with Gasteiger partial charge in [0.15, 0.2) is 9.84 Å². The molecule has 3 nitrogen and oxygen atoms in total. The molecule has 2 rings (SSSR count). The molecule has 0 radical (unpaired) electrons. The number of halogens is 2. The van der Waals surface area contributed by atoms with E-state index in [1.807, 2.05) is 0 Å². The van der Waals surface area contributed by atoms with Crippen molar-refractivity contribution in [3.63, 3.8) is 0 Å². The average molecular weight is 275 g/mol. The summed E-state index contributed by atoms with van der Waals surface area (Å²) in [4.78, 5) is -0.439. The SMILES string of the molecule is CS(=O)(=O)c1ccc(F)c(C2CCCCN2)c1F. The largest absolute Gasteiger partial charge is 0.310 e. The molecule has 0 spiro atoms. The van der Waals surface area contributed by atoms with E-state index in [-0.39, 0.29) is 5.56 Å². The van der Waals surface area contributed by atoms with E-state index >= 15 is 0 Å². The van der Waals surface area contributed by atoms with Gasteiger partial charge in [-0.1, -0.05) is 6.42 Å². The Morgan fingerprint density at radius 3 is 2.56 bits per heavy atom. The third-order valence-corrected chi connectivity index (χ3v) is 4.26. The van der Waals surface area contributed by atoms with Crippen molar-refractivity contribution >= 4 is 9.84 Å². The van der Waals surface area contributed by atoms with Gasteiger partial charge < -0.3 is 5.32 Å². The number of hydrogen-bond donors (Lipinski definition) is 1. The van der Waals surface area contributed by atoms with Gasteiger partial charge in [0.25, 0.3) is 0 Å². The summed E-state index contributed by atoms with van der Waals surface area (Å²) in [5.41, 5.74) is -0.155. The molecular weight excluding hydrogens is 260 g/mol. The zero-order valence-corrected chi connectivity index (χ0v) is 10.9. The van der Waals surface area contributed by atoms with Crippen molar-refractivity contribution in [3.8, 4) is 0 Å². The fraction of sp³-hybridized carbons (Fsp3) is 0.500. The molecule has 0 amide bonds. The molecule has 18 heavy (non-hydrogen) atoms. The number of piperidine rings is 1. The molecule has 1 heterocycles. The average Bonchev–Trinajstić information content (AvgIpc) is 2.28. The minimum absolute atomic E-state index is 0.155. The molecule has 1 atom stereocenters. The lowest BCUT2D eigenvalue weighted by Gasteiger charge is -2.25. The van der Waals surface area contributed by atoms with Gasteiger partial charge in [-0.3, -0.25) is 0 Å². The summed E-state index contributed by atoms with van der Waals surface area (Å²) in [6.07, 6.45) is 3.37. The molecule has 1 N–H and O–H groups in total. The first kappa shape index (κ1) is 13.4. The summed E-state index contributed by atoms with van der Waals surface area (Å²) in [5, 5.41) is 3.02. The van der Waals surface area contributed by atoms with E-state index in [0.717, 1.165) is 31.2 Å². The Labute approximate surface area is 105 Å². The van der Waals surface area contributed by atoms with E-state index in [0.29, 0.717) is 13.0 Å². The van der Waals surface area contributed by atoms with Gasteiger partial charge in [-0.05, 0) is 31.5 Å². The monoisotopic (exact) mass is 275 g/mol. The normalized spacial score (nSPS) is 20.9. The van der Waals surface area contributed by atoms with Gasteiger partial charge in [0.2, 0.25) is 0 Å². The van der Waals surface area contributed by atoms with Crippen molar-refractivity contribution in [2.75, 3.05) is 12.8 Å². The van der Waals surface area contributed by atoms with Gasteiger partial charge in [0.1, 0.15) is 16.5 Å². The van der Waals surface area contributed by atoms with Crippen LogP contribution in [0.2, 0.25) is 0 Å². The molecule has 100 valence electrons. The van der Waals surface area contributed by atoms with Crippen molar-refractivity contribution in [2.24, 2.45) is 0 Å². The van der Waals surface area contributed by atoms with Crippen molar-refractivity contribution in [1.82, 2.24) is 5.32 Å². The highest BCUT2D eigenvalue weighted by Crippen LogP contribution is 2.30. The van der Waals surface area contributed by atoms with Crippen molar-refractivity contribution in [3.05, 3.63) is 29.3 Å². The van der Waals surface area contributed by atoms with Crippen LogP contribution in [0.1, 0.15) is 30.9 Å². The predicted molar refractivity (Wildman–Crippen MR) is 64.1 cm³/mol. The molecule has 1 aliphatic heterocycles. The predicted octanol–water partition coefficient (Wildman–Crippen LogP) is 2.18. The minimum atomic E-state index is -3.68. The van der Waals surface area contributed by atoms with Gasteiger partial charge in [0.05, 0.1) is 0 Å². The molecule has 0 saturated carbocycles. The number of rotatable bonds is 2. The van der Waals surface area contributed by atoms with Crippen LogP contribution in [-0.4, -0.2) is 21.2 Å². The Morgan fingerprint density at radius 2 is 2.00 bits per heavy atom. The highest BCUT2D eigenvalue weighted by molar-refractivity contribution is 7.90. The second-order valence-corrected chi connectivity index (χ2v) is 6.53. The van der Waals surface area contributed by atoms with Crippen molar-refractivity contribution < 1.29 is 17.2 Å². The third-order valence-electron chi connectivity index (χ3n) is 3.15. The summed E-state index contributed by atoms with van der Waals surface area (Å²) < 4.78 is 50.7.